The molecule has 0 aliphatic heterocycles. The Hall–Kier alpha value is -2.57. The van der Waals surface area contributed by atoms with Crippen LogP contribution >= 0.6 is 0 Å². The summed E-state index contributed by atoms with van der Waals surface area (Å²) < 4.78 is 57.3. The van der Waals surface area contributed by atoms with Crippen molar-refractivity contribution >= 4 is 5.97 Å². The van der Waals surface area contributed by atoms with Crippen LogP contribution in [0.5, 0.6) is 5.75 Å². The number of rotatable bonds is 3. The average molecular weight is 314 g/mol. The van der Waals surface area contributed by atoms with E-state index in [1.54, 1.807) is 0 Å². The first kappa shape index (κ1) is 15.8. The SMILES string of the molecule is COc1ccc(C(F)(F)F)cc1-c1ccc(C(=O)O)cc1F. The van der Waals surface area contributed by atoms with E-state index in [9.17, 15) is 22.4 Å². The summed E-state index contributed by atoms with van der Waals surface area (Å²) in [7, 11) is 1.25. The Morgan fingerprint density at radius 2 is 1.77 bits per heavy atom. The molecule has 3 nitrogen and oxygen atoms in total. The highest BCUT2D eigenvalue weighted by atomic mass is 19.4. The van der Waals surface area contributed by atoms with Crippen molar-refractivity contribution in [2.75, 3.05) is 7.11 Å². The molecular weight excluding hydrogens is 304 g/mol. The predicted molar refractivity (Wildman–Crippen MR) is 70.3 cm³/mol. The van der Waals surface area contributed by atoms with E-state index >= 15 is 0 Å². The van der Waals surface area contributed by atoms with Crippen LogP contribution in [0.2, 0.25) is 0 Å². The molecule has 0 amide bonds. The largest absolute Gasteiger partial charge is 0.496 e. The van der Waals surface area contributed by atoms with Crippen molar-refractivity contribution < 1.29 is 32.2 Å². The standard InChI is InChI=1S/C15H10F4O3/c1-22-13-5-3-9(15(17,18)19)7-11(13)10-4-2-8(14(20)21)6-12(10)16/h2-7H,1H3,(H,20,21). The number of aromatic carboxylic acids is 1. The zero-order valence-corrected chi connectivity index (χ0v) is 11.2. The summed E-state index contributed by atoms with van der Waals surface area (Å²) in [4.78, 5) is 10.8. The van der Waals surface area contributed by atoms with E-state index in [0.717, 1.165) is 36.4 Å². The van der Waals surface area contributed by atoms with Crippen molar-refractivity contribution in [2.45, 2.75) is 6.18 Å². The third kappa shape index (κ3) is 3.03. The molecule has 0 radical (unpaired) electrons. The normalized spacial score (nSPS) is 11.3. The van der Waals surface area contributed by atoms with Gasteiger partial charge in [0.05, 0.1) is 18.2 Å². The number of hydrogen-bond acceptors (Lipinski definition) is 2. The number of carboxylic acids is 1. The summed E-state index contributed by atoms with van der Waals surface area (Å²) in [6.07, 6.45) is -4.58. The maximum absolute atomic E-state index is 14.0. The average Bonchev–Trinajstić information content (AvgIpc) is 2.45. The number of carboxylic acid groups (broad SMARTS) is 1. The quantitative estimate of drug-likeness (QED) is 0.863. The number of ether oxygens (including phenoxy) is 1. The molecule has 0 bridgehead atoms. The number of hydrogen-bond donors (Lipinski definition) is 1. The molecule has 0 aromatic heterocycles. The van der Waals surface area contributed by atoms with Crippen LogP contribution in [0.25, 0.3) is 11.1 Å². The minimum Gasteiger partial charge on any atom is -0.496 e. The zero-order chi connectivity index (χ0) is 16.5. The fraction of sp³-hybridized carbons (Fsp3) is 0.133. The van der Waals surface area contributed by atoms with Gasteiger partial charge in [-0.3, -0.25) is 0 Å². The summed E-state index contributed by atoms with van der Waals surface area (Å²) >= 11 is 0. The van der Waals surface area contributed by atoms with Crippen molar-refractivity contribution in [3.8, 4) is 16.9 Å². The van der Waals surface area contributed by atoms with E-state index in [4.69, 9.17) is 9.84 Å². The van der Waals surface area contributed by atoms with Crippen LogP contribution < -0.4 is 4.74 Å². The lowest BCUT2D eigenvalue weighted by molar-refractivity contribution is -0.137. The second-order valence-corrected chi connectivity index (χ2v) is 4.41. The third-order valence-electron chi connectivity index (χ3n) is 3.03. The molecule has 0 fully saturated rings. The van der Waals surface area contributed by atoms with Gasteiger partial charge in [-0.25, -0.2) is 9.18 Å². The van der Waals surface area contributed by atoms with E-state index in [1.165, 1.54) is 7.11 Å². The Morgan fingerprint density at radius 3 is 2.27 bits per heavy atom. The fourth-order valence-corrected chi connectivity index (χ4v) is 1.96. The van der Waals surface area contributed by atoms with Crippen molar-refractivity contribution in [3.63, 3.8) is 0 Å². The Morgan fingerprint density at radius 1 is 1.09 bits per heavy atom. The van der Waals surface area contributed by atoms with Crippen LogP contribution in [0, 0.1) is 5.82 Å². The van der Waals surface area contributed by atoms with Crippen LogP contribution in [-0.2, 0) is 6.18 Å². The summed E-state index contributed by atoms with van der Waals surface area (Å²) in [5, 5.41) is 8.78. The molecule has 116 valence electrons. The van der Waals surface area contributed by atoms with E-state index < -0.39 is 23.5 Å². The first-order valence-corrected chi connectivity index (χ1v) is 6.02. The molecule has 0 unspecified atom stereocenters. The summed E-state index contributed by atoms with van der Waals surface area (Å²) in [6, 6.07) is 5.64. The molecule has 0 aliphatic carbocycles. The highest BCUT2D eigenvalue weighted by Gasteiger charge is 2.31. The van der Waals surface area contributed by atoms with Crippen LogP contribution in [0.1, 0.15) is 15.9 Å². The number of benzene rings is 2. The lowest BCUT2D eigenvalue weighted by atomic mass is 9.99. The molecule has 0 saturated carbocycles. The molecule has 2 aromatic carbocycles. The molecule has 1 N–H and O–H groups in total. The Bertz CT molecular complexity index is 723. The monoisotopic (exact) mass is 314 g/mol. The fourth-order valence-electron chi connectivity index (χ4n) is 1.96. The van der Waals surface area contributed by atoms with E-state index in [1.807, 2.05) is 0 Å². The predicted octanol–water partition coefficient (Wildman–Crippen LogP) is 4.22. The maximum Gasteiger partial charge on any atom is 0.416 e. The summed E-state index contributed by atoms with van der Waals surface area (Å²) in [5.41, 5.74) is -1.53. The Labute approximate surface area is 122 Å². The van der Waals surface area contributed by atoms with Gasteiger partial charge < -0.3 is 9.84 Å². The molecule has 22 heavy (non-hydrogen) atoms. The first-order valence-electron chi connectivity index (χ1n) is 6.02. The Balaban J connectivity index is 2.62. The van der Waals surface area contributed by atoms with Gasteiger partial charge in [0.15, 0.2) is 0 Å². The van der Waals surface area contributed by atoms with Crippen LogP contribution in [0.15, 0.2) is 36.4 Å². The number of methoxy groups -OCH3 is 1. The Kier molecular flexibility index (Phi) is 4.07. The zero-order valence-electron chi connectivity index (χ0n) is 11.2. The van der Waals surface area contributed by atoms with E-state index in [-0.39, 0.29) is 22.4 Å². The van der Waals surface area contributed by atoms with Gasteiger partial charge in [-0.1, -0.05) is 6.07 Å². The lowest BCUT2D eigenvalue weighted by Gasteiger charge is -2.13. The second kappa shape index (κ2) is 5.67. The van der Waals surface area contributed by atoms with E-state index in [2.05, 4.69) is 0 Å². The van der Waals surface area contributed by atoms with Crippen LogP contribution in [0.4, 0.5) is 17.6 Å². The minimum atomic E-state index is -4.58. The molecule has 0 heterocycles. The molecule has 2 aromatic rings. The van der Waals surface area contributed by atoms with Gasteiger partial charge in [-0.2, -0.15) is 13.2 Å². The van der Waals surface area contributed by atoms with Crippen molar-refractivity contribution in [2.24, 2.45) is 0 Å². The van der Waals surface area contributed by atoms with Gasteiger partial charge in [0.25, 0.3) is 0 Å². The van der Waals surface area contributed by atoms with Gasteiger partial charge in [-0.05, 0) is 30.3 Å². The minimum absolute atomic E-state index is 0.0509. The lowest BCUT2D eigenvalue weighted by Crippen LogP contribution is -2.05. The molecule has 7 heteroatoms. The molecule has 0 aliphatic rings. The van der Waals surface area contributed by atoms with Gasteiger partial charge in [0.1, 0.15) is 11.6 Å². The highest BCUT2D eigenvalue weighted by Crippen LogP contribution is 2.38. The van der Waals surface area contributed by atoms with Crippen LogP contribution in [0.3, 0.4) is 0 Å². The van der Waals surface area contributed by atoms with Crippen molar-refractivity contribution in [3.05, 3.63) is 53.3 Å². The van der Waals surface area contributed by atoms with Crippen LogP contribution in [-0.4, -0.2) is 18.2 Å². The summed E-state index contributed by atoms with van der Waals surface area (Å²) in [5.74, 6) is -2.23. The van der Waals surface area contributed by atoms with E-state index in [0.29, 0.717) is 0 Å². The molecule has 0 saturated heterocycles. The van der Waals surface area contributed by atoms with Crippen molar-refractivity contribution in [1.29, 1.82) is 0 Å². The third-order valence-corrected chi connectivity index (χ3v) is 3.03. The number of carbonyl (C=O) groups is 1. The highest BCUT2D eigenvalue weighted by molar-refractivity contribution is 5.88. The topological polar surface area (TPSA) is 46.5 Å². The maximum atomic E-state index is 14.0. The molecule has 0 atom stereocenters. The summed E-state index contributed by atoms with van der Waals surface area (Å²) in [6.45, 7) is 0. The number of alkyl halides is 3. The second-order valence-electron chi connectivity index (χ2n) is 4.41. The molecular formula is C15H10F4O3. The van der Waals surface area contributed by atoms with Crippen molar-refractivity contribution in [1.82, 2.24) is 0 Å². The molecule has 0 spiro atoms. The van der Waals surface area contributed by atoms with Gasteiger partial charge >= 0.3 is 12.1 Å². The van der Waals surface area contributed by atoms with Gasteiger partial charge in [-0.15, -0.1) is 0 Å². The van der Waals surface area contributed by atoms with Gasteiger partial charge in [0, 0.05) is 11.1 Å². The number of halogens is 4. The first-order chi connectivity index (χ1) is 10.2. The van der Waals surface area contributed by atoms with Gasteiger partial charge in [0.2, 0.25) is 0 Å². The molecule has 2 rings (SSSR count). The smallest absolute Gasteiger partial charge is 0.416 e.